The standard InChI is InChI=1S/C18H18ClN3O2/c19-14-11-13(8-9-15(14)22-10-4-7-16(22)23)21-17(18(20)24)12-5-2-1-3-6-12/h1-3,5-6,8-9,11,17,21H,4,7,10H2,(H2,20,24)/t17-/m1/s1. The zero-order chi connectivity index (χ0) is 17.1. The van der Waals surface area contributed by atoms with Gasteiger partial charge >= 0.3 is 0 Å². The van der Waals surface area contributed by atoms with Gasteiger partial charge in [0.05, 0.1) is 10.7 Å². The van der Waals surface area contributed by atoms with Crippen molar-refractivity contribution in [1.82, 2.24) is 0 Å². The number of benzene rings is 2. The highest BCUT2D eigenvalue weighted by atomic mass is 35.5. The molecule has 0 unspecified atom stereocenters. The van der Waals surface area contributed by atoms with Gasteiger partial charge in [-0.3, -0.25) is 9.59 Å². The molecule has 0 spiro atoms. The Labute approximate surface area is 145 Å². The molecule has 1 aliphatic heterocycles. The highest BCUT2D eigenvalue weighted by molar-refractivity contribution is 6.34. The van der Waals surface area contributed by atoms with Gasteiger partial charge in [-0.05, 0) is 30.2 Å². The van der Waals surface area contributed by atoms with Crippen LogP contribution in [0, 0.1) is 0 Å². The van der Waals surface area contributed by atoms with Crippen LogP contribution in [0.5, 0.6) is 0 Å². The Morgan fingerprint density at radius 1 is 1.21 bits per heavy atom. The molecule has 0 radical (unpaired) electrons. The number of primary amides is 1. The Bertz CT molecular complexity index is 764. The monoisotopic (exact) mass is 343 g/mol. The van der Waals surface area contributed by atoms with Gasteiger partial charge in [0.15, 0.2) is 0 Å². The molecular formula is C18H18ClN3O2. The van der Waals surface area contributed by atoms with Crippen LogP contribution in [0.2, 0.25) is 5.02 Å². The first kappa shape index (κ1) is 16.3. The number of halogens is 1. The Morgan fingerprint density at radius 2 is 1.96 bits per heavy atom. The number of carbonyl (C=O) groups is 2. The maximum atomic E-state index is 11.9. The molecule has 5 nitrogen and oxygen atoms in total. The van der Waals surface area contributed by atoms with Crippen molar-refractivity contribution < 1.29 is 9.59 Å². The van der Waals surface area contributed by atoms with Gasteiger partial charge in [-0.1, -0.05) is 41.9 Å². The van der Waals surface area contributed by atoms with E-state index in [1.54, 1.807) is 23.1 Å². The lowest BCUT2D eigenvalue weighted by Gasteiger charge is -2.20. The quantitative estimate of drug-likeness (QED) is 0.875. The van der Waals surface area contributed by atoms with Crippen molar-refractivity contribution in [2.45, 2.75) is 18.9 Å². The fourth-order valence-corrected chi connectivity index (χ4v) is 3.13. The summed E-state index contributed by atoms with van der Waals surface area (Å²) in [5.74, 6) is -0.395. The predicted molar refractivity (Wildman–Crippen MR) is 95.0 cm³/mol. The minimum absolute atomic E-state index is 0.0805. The number of rotatable bonds is 5. The predicted octanol–water partition coefficient (Wildman–Crippen LogP) is 3.11. The minimum atomic E-state index is -0.651. The van der Waals surface area contributed by atoms with E-state index >= 15 is 0 Å². The molecule has 1 saturated heterocycles. The van der Waals surface area contributed by atoms with Gasteiger partial charge in [0.25, 0.3) is 0 Å². The van der Waals surface area contributed by atoms with Crippen LogP contribution in [0.25, 0.3) is 0 Å². The largest absolute Gasteiger partial charge is 0.370 e. The number of hydrogen-bond acceptors (Lipinski definition) is 3. The first-order valence-electron chi connectivity index (χ1n) is 7.77. The molecule has 2 aromatic carbocycles. The summed E-state index contributed by atoms with van der Waals surface area (Å²) in [6, 6.07) is 13.9. The zero-order valence-corrected chi connectivity index (χ0v) is 13.8. The third-order valence-electron chi connectivity index (χ3n) is 4.04. The molecular weight excluding hydrogens is 326 g/mol. The van der Waals surface area contributed by atoms with E-state index in [0.717, 1.165) is 12.0 Å². The minimum Gasteiger partial charge on any atom is -0.370 e. The summed E-state index contributed by atoms with van der Waals surface area (Å²) in [4.78, 5) is 25.3. The van der Waals surface area contributed by atoms with Gasteiger partial charge in [-0.15, -0.1) is 0 Å². The van der Waals surface area contributed by atoms with E-state index in [-0.39, 0.29) is 5.91 Å². The normalized spacial score (nSPS) is 15.4. The number of carbonyl (C=O) groups excluding carboxylic acids is 2. The zero-order valence-electron chi connectivity index (χ0n) is 13.0. The topological polar surface area (TPSA) is 75.4 Å². The SMILES string of the molecule is NC(=O)[C@H](Nc1ccc(N2CCCC2=O)c(Cl)c1)c1ccccc1. The van der Waals surface area contributed by atoms with E-state index in [9.17, 15) is 9.59 Å². The average molecular weight is 344 g/mol. The van der Waals surface area contributed by atoms with Crippen molar-refractivity contribution in [2.75, 3.05) is 16.8 Å². The van der Waals surface area contributed by atoms with Crippen molar-refractivity contribution in [3.8, 4) is 0 Å². The van der Waals surface area contributed by atoms with Crippen LogP contribution in [0.15, 0.2) is 48.5 Å². The summed E-state index contributed by atoms with van der Waals surface area (Å²) >= 11 is 6.33. The van der Waals surface area contributed by atoms with Gasteiger partial charge in [-0.25, -0.2) is 0 Å². The van der Waals surface area contributed by atoms with Crippen LogP contribution in [0.4, 0.5) is 11.4 Å². The lowest BCUT2D eigenvalue weighted by Crippen LogP contribution is -2.28. The summed E-state index contributed by atoms with van der Waals surface area (Å²) < 4.78 is 0. The molecule has 0 aromatic heterocycles. The Hall–Kier alpha value is -2.53. The number of nitrogens with two attached hydrogens (primary N) is 1. The molecule has 1 fully saturated rings. The van der Waals surface area contributed by atoms with Crippen molar-refractivity contribution in [1.29, 1.82) is 0 Å². The molecule has 1 aliphatic rings. The second kappa shape index (κ2) is 6.93. The van der Waals surface area contributed by atoms with Crippen molar-refractivity contribution in [2.24, 2.45) is 5.73 Å². The molecule has 2 aromatic rings. The van der Waals surface area contributed by atoms with Crippen LogP contribution in [-0.2, 0) is 9.59 Å². The van der Waals surface area contributed by atoms with Crippen molar-refractivity contribution >= 4 is 34.8 Å². The molecule has 124 valence electrons. The summed E-state index contributed by atoms with van der Waals surface area (Å²) in [6.45, 7) is 0.680. The second-order valence-electron chi connectivity index (χ2n) is 5.71. The highest BCUT2D eigenvalue weighted by Crippen LogP contribution is 2.32. The number of hydrogen-bond donors (Lipinski definition) is 2. The smallest absolute Gasteiger partial charge is 0.244 e. The first-order chi connectivity index (χ1) is 11.6. The fraction of sp³-hybridized carbons (Fsp3) is 0.222. The number of nitrogens with zero attached hydrogens (tertiary/aromatic N) is 1. The van der Waals surface area contributed by atoms with Crippen LogP contribution in [-0.4, -0.2) is 18.4 Å². The molecule has 2 amide bonds. The Balaban J connectivity index is 1.83. The van der Waals surface area contributed by atoms with E-state index in [1.807, 2.05) is 30.3 Å². The third kappa shape index (κ3) is 3.36. The maximum absolute atomic E-state index is 11.9. The molecule has 1 heterocycles. The highest BCUT2D eigenvalue weighted by Gasteiger charge is 2.24. The number of nitrogens with one attached hydrogen (secondary N) is 1. The maximum Gasteiger partial charge on any atom is 0.244 e. The van der Waals surface area contributed by atoms with Crippen molar-refractivity contribution in [3.63, 3.8) is 0 Å². The van der Waals surface area contributed by atoms with E-state index < -0.39 is 11.9 Å². The number of anilines is 2. The molecule has 24 heavy (non-hydrogen) atoms. The van der Waals surface area contributed by atoms with Crippen LogP contribution in [0.1, 0.15) is 24.4 Å². The first-order valence-corrected chi connectivity index (χ1v) is 8.15. The fourth-order valence-electron chi connectivity index (χ4n) is 2.85. The molecule has 1 atom stereocenters. The van der Waals surface area contributed by atoms with Crippen LogP contribution < -0.4 is 16.0 Å². The number of amides is 2. The Morgan fingerprint density at radius 3 is 2.54 bits per heavy atom. The molecule has 0 aliphatic carbocycles. The third-order valence-corrected chi connectivity index (χ3v) is 4.34. The van der Waals surface area contributed by atoms with E-state index in [4.69, 9.17) is 17.3 Å². The molecule has 3 rings (SSSR count). The van der Waals surface area contributed by atoms with Gasteiger partial charge in [0.2, 0.25) is 11.8 Å². The van der Waals surface area contributed by atoms with E-state index in [0.29, 0.717) is 29.4 Å². The summed E-state index contributed by atoms with van der Waals surface area (Å²) in [5, 5.41) is 3.57. The summed E-state index contributed by atoms with van der Waals surface area (Å²) in [7, 11) is 0. The van der Waals surface area contributed by atoms with Crippen LogP contribution in [0.3, 0.4) is 0 Å². The lowest BCUT2D eigenvalue weighted by atomic mass is 10.1. The molecule has 0 bridgehead atoms. The lowest BCUT2D eigenvalue weighted by molar-refractivity contribution is -0.119. The molecule has 3 N–H and O–H groups in total. The van der Waals surface area contributed by atoms with E-state index in [2.05, 4.69) is 5.32 Å². The van der Waals surface area contributed by atoms with Gasteiger partial charge in [0, 0.05) is 18.7 Å². The second-order valence-corrected chi connectivity index (χ2v) is 6.11. The molecule has 0 saturated carbocycles. The van der Waals surface area contributed by atoms with Gasteiger partial charge < -0.3 is 16.0 Å². The van der Waals surface area contributed by atoms with E-state index in [1.165, 1.54) is 0 Å². The average Bonchev–Trinajstić information content (AvgIpc) is 2.99. The van der Waals surface area contributed by atoms with Gasteiger partial charge in [0.1, 0.15) is 6.04 Å². The molecule has 6 heteroatoms. The van der Waals surface area contributed by atoms with Crippen molar-refractivity contribution in [3.05, 3.63) is 59.1 Å². The van der Waals surface area contributed by atoms with Gasteiger partial charge in [-0.2, -0.15) is 0 Å². The summed E-state index contributed by atoms with van der Waals surface area (Å²) in [5.41, 5.74) is 7.66. The summed E-state index contributed by atoms with van der Waals surface area (Å²) in [6.07, 6.45) is 1.39. The Kier molecular flexibility index (Phi) is 4.71. The van der Waals surface area contributed by atoms with Crippen LogP contribution >= 0.6 is 11.6 Å².